The van der Waals surface area contributed by atoms with Crippen LogP contribution in [0.25, 0.3) is 10.8 Å². The van der Waals surface area contributed by atoms with E-state index < -0.39 is 0 Å². The molecular weight excluding hydrogens is 276 g/mol. The van der Waals surface area contributed by atoms with Crippen molar-refractivity contribution >= 4 is 16.7 Å². The minimum atomic E-state index is -0.0589. The first-order valence-electron chi connectivity index (χ1n) is 7.61. The van der Waals surface area contributed by atoms with Gasteiger partial charge in [0.05, 0.1) is 19.2 Å². The van der Waals surface area contributed by atoms with Crippen LogP contribution < -0.4 is 5.32 Å². The molecule has 0 aromatic heterocycles. The molecule has 2 aromatic rings. The summed E-state index contributed by atoms with van der Waals surface area (Å²) in [6.45, 7) is 4.20. The normalized spacial score (nSPS) is 14.0. The summed E-state index contributed by atoms with van der Waals surface area (Å²) in [5.74, 6) is -0.0387. The van der Waals surface area contributed by atoms with E-state index in [1.165, 1.54) is 5.39 Å². The lowest BCUT2D eigenvalue weighted by Crippen LogP contribution is -2.41. The first-order chi connectivity index (χ1) is 10.5. The van der Waals surface area contributed by atoms with Gasteiger partial charge in [0.1, 0.15) is 0 Å². The maximum atomic E-state index is 12.2. The number of nitrogens with one attached hydrogen (secondary N) is 1. The molecule has 22 heavy (non-hydrogen) atoms. The zero-order chi connectivity index (χ0) is 16.1. The molecule has 0 saturated heterocycles. The number of fused-ring (bicyclic) bond motifs is 1. The first kappa shape index (κ1) is 16.5. The van der Waals surface area contributed by atoms with Gasteiger partial charge in [0.2, 0.25) is 5.91 Å². The highest BCUT2D eigenvalue weighted by Gasteiger charge is 2.15. The minimum absolute atomic E-state index is 0.0291. The largest absolute Gasteiger partial charge is 0.395 e. The number of carbonyl (C=O) groups excluding carboxylic acids is 1. The molecule has 0 fully saturated rings. The van der Waals surface area contributed by atoms with E-state index in [-0.39, 0.29) is 31.1 Å². The number of benzene rings is 2. The van der Waals surface area contributed by atoms with Crippen molar-refractivity contribution < 1.29 is 9.90 Å². The predicted octanol–water partition coefficient (Wildman–Crippen LogP) is 2.33. The van der Waals surface area contributed by atoms with Gasteiger partial charge in [-0.25, -0.2) is 0 Å². The Morgan fingerprint density at radius 3 is 2.59 bits per heavy atom. The summed E-state index contributed by atoms with van der Waals surface area (Å²) in [6, 6.07) is 14.2. The lowest BCUT2D eigenvalue weighted by Gasteiger charge is -2.23. The Bertz CT molecular complexity index is 637. The Kier molecular flexibility index (Phi) is 5.52. The highest BCUT2D eigenvalue weighted by atomic mass is 16.3. The van der Waals surface area contributed by atoms with Crippen molar-refractivity contribution in [2.24, 2.45) is 0 Å². The van der Waals surface area contributed by atoms with Gasteiger partial charge in [0.15, 0.2) is 0 Å². The van der Waals surface area contributed by atoms with Gasteiger partial charge in [0.25, 0.3) is 0 Å². The van der Waals surface area contributed by atoms with E-state index in [0.29, 0.717) is 0 Å². The second kappa shape index (κ2) is 7.38. The van der Waals surface area contributed by atoms with Crippen molar-refractivity contribution in [1.82, 2.24) is 10.2 Å². The van der Waals surface area contributed by atoms with Crippen LogP contribution in [0.15, 0.2) is 42.5 Å². The van der Waals surface area contributed by atoms with Crippen LogP contribution in [0.4, 0.5) is 0 Å². The zero-order valence-corrected chi connectivity index (χ0v) is 13.4. The third kappa shape index (κ3) is 3.84. The number of hydrogen-bond donors (Lipinski definition) is 2. The Hall–Kier alpha value is -1.91. The zero-order valence-electron chi connectivity index (χ0n) is 13.4. The molecule has 0 spiro atoms. The van der Waals surface area contributed by atoms with Gasteiger partial charge in [-0.15, -0.1) is 0 Å². The highest BCUT2D eigenvalue weighted by molar-refractivity contribution is 5.87. The number of hydrogen-bond acceptors (Lipinski definition) is 3. The molecule has 0 radical (unpaired) electrons. The SMILES string of the molecule is CC(NC(=O)CN(C)C(C)CO)c1cccc2ccccc12. The van der Waals surface area contributed by atoms with Crippen molar-refractivity contribution in [3.05, 3.63) is 48.0 Å². The minimum Gasteiger partial charge on any atom is -0.395 e. The lowest BCUT2D eigenvalue weighted by atomic mass is 10.00. The van der Waals surface area contributed by atoms with Crippen molar-refractivity contribution in [1.29, 1.82) is 0 Å². The third-order valence-corrected chi connectivity index (χ3v) is 4.08. The molecule has 0 aliphatic heterocycles. The summed E-state index contributed by atoms with van der Waals surface area (Å²) in [4.78, 5) is 14.0. The fourth-order valence-electron chi connectivity index (χ4n) is 2.51. The number of nitrogens with zero attached hydrogens (tertiary/aromatic N) is 1. The molecule has 0 aliphatic rings. The van der Waals surface area contributed by atoms with Crippen LogP contribution in [0.3, 0.4) is 0 Å². The van der Waals surface area contributed by atoms with Crippen LogP contribution in [0, 0.1) is 0 Å². The number of likely N-dealkylation sites (N-methyl/N-ethyl adjacent to an activating group) is 1. The second-order valence-corrected chi connectivity index (χ2v) is 5.80. The maximum Gasteiger partial charge on any atom is 0.234 e. The smallest absolute Gasteiger partial charge is 0.234 e. The Labute approximate surface area is 131 Å². The molecule has 2 N–H and O–H groups in total. The van der Waals surface area contributed by atoms with Gasteiger partial charge in [0, 0.05) is 6.04 Å². The molecule has 4 nitrogen and oxygen atoms in total. The van der Waals surface area contributed by atoms with Crippen LogP contribution in [0.2, 0.25) is 0 Å². The summed E-state index contributed by atoms with van der Waals surface area (Å²) >= 11 is 0. The van der Waals surface area contributed by atoms with Gasteiger partial charge in [-0.3, -0.25) is 9.69 Å². The van der Waals surface area contributed by atoms with Crippen LogP contribution in [0.5, 0.6) is 0 Å². The van der Waals surface area contributed by atoms with E-state index in [0.717, 1.165) is 10.9 Å². The monoisotopic (exact) mass is 300 g/mol. The van der Waals surface area contributed by atoms with Crippen molar-refractivity contribution in [3.63, 3.8) is 0 Å². The highest BCUT2D eigenvalue weighted by Crippen LogP contribution is 2.23. The van der Waals surface area contributed by atoms with Crippen molar-refractivity contribution in [2.75, 3.05) is 20.2 Å². The van der Waals surface area contributed by atoms with E-state index in [1.54, 1.807) is 0 Å². The standard InChI is InChI=1S/C18H24N2O2/c1-13(12-21)20(3)11-18(22)19-14(2)16-10-6-8-15-7-4-5-9-17(15)16/h4-10,13-14,21H,11-12H2,1-3H3,(H,19,22). The van der Waals surface area contributed by atoms with Crippen molar-refractivity contribution in [3.8, 4) is 0 Å². The number of rotatable bonds is 6. The van der Waals surface area contributed by atoms with Crippen LogP contribution in [-0.4, -0.2) is 42.2 Å². The molecule has 0 saturated carbocycles. The average Bonchev–Trinajstić information content (AvgIpc) is 2.53. The van der Waals surface area contributed by atoms with Crippen LogP contribution in [0.1, 0.15) is 25.5 Å². The van der Waals surface area contributed by atoms with Gasteiger partial charge in [-0.05, 0) is 37.2 Å². The Morgan fingerprint density at radius 2 is 1.86 bits per heavy atom. The van der Waals surface area contributed by atoms with Crippen LogP contribution in [-0.2, 0) is 4.79 Å². The molecule has 4 heteroatoms. The number of aliphatic hydroxyl groups excluding tert-OH is 1. The summed E-state index contributed by atoms with van der Waals surface area (Å²) in [5.41, 5.74) is 1.12. The average molecular weight is 300 g/mol. The number of aliphatic hydroxyl groups is 1. The molecule has 118 valence electrons. The van der Waals surface area contributed by atoms with E-state index in [2.05, 4.69) is 23.5 Å². The number of amides is 1. The summed E-state index contributed by atoms with van der Waals surface area (Å²) in [7, 11) is 1.84. The molecule has 2 unspecified atom stereocenters. The molecule has 2 atom stereocenters. The van der Waals surface area contributed by atoms with E-state index in [4.69, 9.17) is 5.11 Å². The number of carbonyl (C=O) groups is 1. The molecule has 1 amide bonds. The lowest BCUT2D eigenvalue weighted by molar-refractivity contribution is -0.123. The topological polar surface area (TPSA) is 52.6 Å². The molecule has 0 heterocycles. The fourth-order valence-corrected chi connectivity index (χ4v) is 2.51. The van der Waals surface area contributed by atoms with Gasteiger partial charge >= 0.3 is 0 Å². The Balaban J connectivity index is 2.08. The fraction of sp³-hybridized carbons (Fsp3) is 0.389. The van der Waals surface area contributed by atoms with Gasteiger partial charge < -0.3 is 10.4 Å². The van der Waals surface area contributed by atoms with E-state index in [9.17, 15) is 4.79 Å². The van der Waals surface area contributed by atoms with E-state index in [1.807, 2.05) is 50.1 Å². The maximum absolute atomic E-state index is 12.2. The molecule has 0 bridgehead atoms. The Morgan fingerprint density at radius 1 is 1.18 bits per heavy atom. The summed E-state index contributed by atoms with van der Waals surface area (Å²) in [5, 5.41) is 14.5. The summed E-state index contributed by atoms with van der Waals surface area (Å²) < 4.78 is 0. The molecule has 2 aromatic carbocycles. The van der Waals surface area contributed by atoms with E-state index >= 15 is 0 Å². The van der Waals surface area contributed by atoms with Gasteiger partial charge in [-0.2, -0.15) is 0 Å². The molecular formula is C18H24N2O2. The quantitative estimate of drug-likeness (QED) is 0.861. The predicted molar refractivity (Wildman–Crippen MR) is 89.7 cm³/mol. The first-order valence-corrected chi connectivity index (χ1v) is 7.61. The van der Waals surface area contributed by atoms with Crippen molar-refractivity contribution in [2.45, 2.75) is 25.9 Å². The van der Waals surface area contributed by atoms with Gasteiger partial charge in [-0.1, -0.05) is 42.5 Å². The molecule has 0 aliphatic carbocycles. The van der Waals surface area contributed by atoms with Crippen LogP contribution >= 0.6 is 0 Å². The third-order valence-electron chi connectivity index (χ3n) is 4.08. The summed E-state index contributed by atoms with van der Waals surface area (Å²) in [6.07, 6.45) is 0. The second-order valence-electron chi connectivity index (χ2n) is 5.80. The molecule has 2 rings (SSSR count).